The number of ether oxygens (including phenoxy) is 3. The topological polar surface area (TPSA) is 77.1 Å². The van der Waals surface area contributed by atoms with Gasteiger partial charge >= 0.3 is 5.97 Å². The van der Waals surface area contributed by atoms with Gasteiger partial charge in [-0.15, -0.1) is 0 Å². The number of nitrogens with zero attached hydrogens (tertiary/aromatic N) is 1. The highest BCUT2D eigenvalue weighted by Crippen LogP contribution is 2.26. The fourth-order valence-corrected chi connectivity index (χ4v) is 2.97. The van der Waals surface area contributed by atoms with Crippen molar-refractivity contribution in [3.8, 4) is 5.75 Å². The maximum atomic E-state index is 12.2. The highest BCUT2D eigenvalue weighted by Gasteiger charge is 2.20. The lowest BCUT2D eigenvalue weighted by Gasteiger charge is -2.30. The molecule has 2 aromatic carbocycles. The molecule has 1 amide bonds. The van der Waals surface area contributed by atoms with Gasteiger partial charge in [-0.3, -0.25) is 4.79 Å². The number of nitrogens with one attached hydrogen (secondary N) is 1. The smallest absolute Gasteiger partial charge is 0.340 e. The van der Waals surface area contributed by atoms with Gasteiger partial charge in [-0.2, -0.15) is 0 Å². The summed E-state index contributed by atoms with van der Waals surface area (Å²) >= 11 is 5.82. The monoisotopic (exact) mass is 404 g/mol. The Labute approximate surface area is 168 Å². The van der Waals surface area contributed by atoms with Crippen LogP contribution in [0.1, 0.15) is 10.4 Å². The largest absolute Gasteiger partial charge is 0.484 e. The normalized spacial score (nSPS) is 13.7. The number of benzene rings is 2. The maximum absolute atomic E-state index is 12.2. The van der Waals surface area contributed by atoms with E-state index in [9.17, 15) is 9.59 Å². The predicted molar refractivity (Wildman–Crippen MR) is 106 cm³/mol. The first-order chi connectivity index (χ1) is 13.6. The summed E-state index contributed by atoms with van der Waals surface area (Å²) in [6.45, 7) is 2.40. The van der Waals surface area contributed by atoms with E-state index < -0.39 is 5.97 Å². The molecule has 0 atom stereocenters. The second kappa shape index (κ2) is 9.43. The third kappa shape index (κ3) is 5.15. The SMILES string of the molecule is COC(=O)c1cc(NC(=O)COc2ccc(Cl)cc2)ccc1N1CCOCC1. The summed E-state index contributed by atoms with van der Waals surface area (Å²) in [7, 11) is 1.33. The Morgan fingerprint density at radius 2 is 1.86 bits per heavy atom. The Kier molecular flexibility index (Phi) is 6.73. The van der Waals surface area contributed by atoms with E-state index in [2.05, 4.69) is 10.2 Å². The Bertz CT molecular complexity index is 835. The lowest BCUT2D eigenvalue weighted by molar-refractivity contribution is -0.118. The van der Waals surface area contributed by atoms with E-state index in [0.717, 1.165) is 5.69 Å². The number of anilines is 2. The van der Waals surface area contributed by atoms with Crippen LogP contribution in [0.5, 0.6) is 5.75 Å². The highest BCUT2D eigenvalue weighted by atomic mass is 35.5. The molecule has 0 radical (unpaired) electrons. The zero-order valence-electron chi connectivity index (χ0n) is 15.4. The number of amides is 1. The number of hydrogen-bond acceptors (Lipinski definition) is 6. The number of esters is 1. The minimum Gasteiger partial charge on any atom is -0.484 e. The molecule has 8 heteroatoms. The number of methoxy groups -OCH3 is 1. The Hall–Kier alpha value is -2.77. The van der Waals surface area contributed by atoms with Crippen LogP contribution < -0.4 is 15.0 Å². The van der Waals surface area contributed by atoms with Crippen molar-refractivity contribution in [1.82, 2.24) is 0 Å². The van der Waals surface area contributed by atoms with Gasteiger partial charge in [0.2, 0.25) is 0 Å². The summed E-state index contributed by atoms with van der Waals surface area (Å²) in [4.78, 5) is 26.5. The van der Waals surface area contributed by atoms with Crippen LogP contribution in [0.2, 0.25) is 5.02 Å². The molecule has 28 heavy (non-hydrogen) atoms. The summed E-state index contributed by atoms with van der Waals surface area (Å²) in [6, 6.07) is 11.9. The number of carbonyl (C=O) groups is 2. The average Bonchev–Trinajstić information content (AvgIpc) is 2.73. The summed E-state index contributed by atoms with van der Waals surface area (Å²) in [6.07, 6.45) is 0. The van der Waals surface area contributed by atoms with Crippen LogP contribution in [0.25, 0.3) is 0 Å². The Balaban J connectivity index is 1.68. The van der Waals surface area contributed by atoms with Gasteiger partial charge in [0.25, 0.3) is 5.91 Å². The van der Waals surface area contributed by atoms with Gasteiger partial charge in [-0.05, 0) is 42.5 Å². The van der Waals surface area contributed by atoms with E-state index in [-0.39, 0.29) is 12.5 Å². The minimum atomic E-state index is -0.463. The summed E-state index contributed by atoms with van der Waals surface area (Å²) in [5.41, 5.74) is 1.63. The van der Waals surface area contributed by atoms with Gasteiger partial charge in [-0.25, -0.2) is 4.79 Å². The van der Waals surface area contributed by atoms with Gasteiger partial charge in [0.05, 0.1) is 31.6 Å². The van der Waals surface area contributed by atoms with Gasteiger partial charge in [0, 0.05) is 23.8 Å². The third-order valence-electron chi connectivity index (χ3n) is 4.22. The average molecular weight is 405 g/mol. The van der Waals surface area contributed by atoms with Crippen molar-refractivity contribution >= 4 is 34.9 Å². The molecule has 1 heterocycles. The Morgan fingerprint density at radius 3 is 2.54 bits per heavy atom. The summed E-state index contributed by atoms with van der Waals surface area (Å²) in [5, 5.41) is 3.32. The number of carbonyl (C=O) groups excluding carboxylic acids is 2. The molecule has 0 aliphatic carbocycles. The van der Waals surface area contributed by atoms with E-state index in [1.54, 1.807) is 42.5 Å². The second-order valence-electron chi connectivity index (χ2n) is 6.11. The van der Waals surface area contributed by atoms with Crippen molar-refractivity contribution in [3.05, 3.63) is 53.1 Å². The quantitative estimate of drug-likeness (QED) is 0.746. The van der Waals surface area contributed by atoms with Gasteiger partial charge in [-0.1, -0.05) is 11.6 Å². The lowest BCUT2D eigenvalue weighted by atomic mass is 10.1. The van der Waals surface area contributed by atoms with Gasteiger partial charge < -0.3 is 24.4 Å². The van der Waals surface area contributed by atoms with Crippen molar-refractivity contribution in [2.75, 3.05) is 50.2 Å². The molecule has 2 aromatic rings. The van der Waals surface area contributed by atoms with Crippen LogP contribution in [0.15, 0.2) is 42.5 Å². The van der Waals surface area contributed by atoms with Crippen molar-refractivity contribution in [2.45, 2.75) is 0 Å². The van der Waals surface area contributed by atoms with Crippen molar-refractivity contribution < 1.29 is 23.8 Å². The maximum Gasteiger partial charge on any atom is 0.340 e. The molecule has 7 nitrogen and oxygen atoms in total. The number of morpholine rings is 1. The number of rotatable bonds is 6. The van der Waals surface area contributed by atoms with E-state index in [4.69, 9.17) is 25.8 Å². The fraction of sp³-hybridized carbons (Fsp3) is 0.300. The third-order valence-corrected chi connectivity index (χ3v) is 4.47. The summed E-state index contributed by atoms with van der Waals surface area (Å²) < 4.78 is 15.7. The molecule has 0 bridgehead atoms. The number of halogens is 1. The molecule has 0 spiro atoms. The van der Waals surface area contributed by atoms with Gasteiger partial charge in [0.15, 0.2) is 6.61 Å². The van der Waals surface area contributed by atoms with Gasteiger partial charge in [0.1, 0.15) is 5.75 Å². The Morgan fingerprint density at radius 1 is 1.14 bits per heavy atom. The molecule has 3 rings (SSSR count). The molecule has 1 fully saturated rings. The molecule has 1 aliphatic rings. The second-order valence-corrected chi connectivity index (χ2v) is 6.55. The van der Waals surface area contributed by atoms with E-state index >= 15 is 0 Å². The molecule has 0 aromatic heterocycles. The van der Waals surface area contributed by atoms with E-state index in [0.29, 0.717) is 48.3 Å². The first kappa shape index (κ1) is 20.0. The first-order valence-electron chi connectivity index (χ1n) is 8.80. The molecule has 1 saturated heterocycles. The molecule has 148 valence electrons. The van der Waals surface area contributed by atoms with Crippen LogP contribution in [-0.2, 0) is 14.3 Å². The van der Waals surface area contributed by atoms with Crippen LogP contribution in [-0.4, -0.2) is 51.9 Å². The molecule has 1 N–H and O–H groups in total. The zero-order chi connectivity index (χ0) is 19.9. The molecular formula is C20H21ClN2O5. The van der Waals surface area contributed by atoms with Crippen molar-refractivity contribution in [2.24, 2.45) is 0 Å². The summed E-state index contributed by atoms with van der Waals surface area (Å²) in [5.74, 6) is -0.266. The van der Waals surface area contributed by atoms with Crippen molar-refractivity contribution in [1.29, 1.82) is 0 Å². The van der Waals surface area contributed by atoms with E-state index in [1.165, 1.54) is 7.11 Å². The van der Waals surface area contributed by atoms with E-state index in [1.807, 2.05) is 0 Å². The molecule has 1 aliphatic heterocycles. The van der Waals surface area contributed by atoms with Crippen LogP contribution in [0.4, 0.5) is 11.4 Å². The highest BCUT2D eigenvalue weighted by molar-refractivity contribution is 6.30. The minimum absolute atomic E-state index is 0.166. The van der Waals surface area contributed by atoms with Crippen LogP contribution in [0, 0.1) is 0 Å². The van der Waals surface area contributed by atoms with Crippen LogP contribution >= 0.6 is 11.6 Å². The standard InChI is InChI=1S/C20H21ClN2O5/c1-26-20(25)17-12-15(4-7-18(17)23-8-10-27-11-9-23)22-19(24)13-28-16-5-2-14(21)3-6-16/h2-7,12H,8-11,13H2,1H3,(H,22,24). The molecule has 0 unspecified atom stereocenters. The fourth-order valence-electron chi connectivity index (χ4n) is 2.84. The van der Waals surface area contributed by atoms with Crippen LogP contribution in [0.3, 0.4) is 0 Å². The zero-order valence-corrected chi connectivity index (χ0v) is 16.2. The van der Waals surface area contributed by atoms with Crippen molar-refractivity contribution in [3.63, 3.8) is 0 Å². The number of hydrogen-bond donors (Lipinski definition) is 1. The molecule has 0 saturated carbocycles. The lowest BCUT2D eigenvalue weighted by Crippen LogP contribution is -2.37. The first-order valence-corrected chi connectivity index (χ1v) is 9.18. The molecular weight excluding hydrogens is 384 g/mol. The predicted octanol–water partition coefficient (Wildman–Crippen LogP) is 2.98.